The minimum absolute atomic E-state index is 0.563. The van der Waals surface area contributed by atoms with Crippen molar-refractivity contribution in [3.05, 3.63) is 30.1 Å². The van der Waals surface area contributed by atoms with Crippen molar-refractivity contribution in [2.45, 2.75) is 19.1 Å². The molecule has 5 heteroatoms. The Hall–Kier alpha value is -1.46. The van der Waals surface area contributed by atoms with Gasteiger partial charge in [-0.25, -0.2) is 0 Å². The molecule has 0 saturated heterocycles. The van der Waals surface area contributed by atoms with Crippen molar-refractivity contribution in [1.29, 1.82) is 0 Å². The highest BCUT2D eigenvalue weighted by atomic mass is 16.4. The standard InChI is InChI=1S/C10H14N2O3/c1-6(8(11)10(14)15)9(13)7-3-2-4-12-5-7/h2-6,8-9,13H,11H2,1H3,(H,14,15). The number of carboxylic acids is 1. The van der Waals surface area contributed by atoms with Crippen molar-refractivity contribution in [3.8, 4) is 0 Å². The normalized spacial score (nSPS) is 16.7. The summed E-state index contributed by atoms with van der Waals surface area (Å²) in [7, 11) is 0. The number of hydrogen-bond acceptors (Lipinski definition) is 4. The fraction of sp³-hybridized carbons (Fsp3) is 0.400. The van der Waals surface area contributed by atoms with E-state index in [1.165, 1.54) is 6.20 Å². The molecule has 1 aromatic heterocycles. The van der Waals surface area contributed by atoms with E-state index in [9.17, 15) is 9.90 Å². The molecule has 0 bridgehead atoms. The molecule has 0 aliphatic heterocycles. The molecule has 15 heavy (non-hydrogen) atoms. The molecule has 0 spiro atoms. The van der Waals surface area contributed by atoms with Gasteiger partial charge in [-0.15, -0.1) is 0 Å². The topological polar surface area (TPSA) is 96.4 Å². The predicted octanol–water partition coefficient (Wildman–Crippen LogP) is 0.163. The number of aliphatic carboxylic acids is 1. The zero-order valence-corrected chi connectivity index (χ0v) is 8.37. The lowest BCUT2D eigenvalue weighted by atomic mass is 9.92. The van der Waals surface area contributed by atoms with Crippen LogP contribution in [0, 0.1) is 5.92 Å². The molecular weight excluding hydrogens is 196 g/mol. The summed E-state index contributed by atoms with van der Waals surface area (Å²) in [5.74, 6) is -1.68. The number of nitrogens with two attached hydrogens (primary N) is 1. The minimum Gasteiger partial charge on any atom is -0.480 e. The molecule has 82 valence electrons. The predicted molar refractivity (Wildman–Crippen MR) is 54.0 cm³/mol. The average Bonchev–Trinajstić information content (AvgIpc) is 2.27. The van der Waals surface area contributed by atoms with Crippen molar-refractivity contribution in [2.75, 3.05) is 0 Å². The number of aliphatic hydroxyl groups is 1. The molecule has 0 amide bonds. The first-order valence-corrected chi connectivity index (χ1v) is 4.60. The zero-order valence-electron chi connectivity index (χ0n) is 8.37. The first kappa shape index (κ1) is 11.6. The highest BCUT2D eigenvalue weighted by Gasteiger charge is 2.27. The number of pyridine rings is 1. The molecule has 0 saturated carbocycles. The van der Waals surface area contributed by atoms with Gasteiger partial charge in [0, 0.05) is 18.3 Å². The molecule has 0 radical (unpaired) electrons. The number of rotatable bonds is 4. The molecular formula is C10H14N2O3. The third-order valence-corrected chi connectivity index (χ3v) is 2.38. The van der Waals surface area contributed by atoms with Crippen molar-refractivity contribution < 1.29 is 15.0 Å². The average molecular weight is 210 g/mol. The molecule has 3 unspecified atom stereocenters. The van der Waals surface area contributed by atoms with Crippen LogP contribution in [0.1, 0.15) is 18.6 Å². The molecule has 1 heterocycles. The maximum Gasteiger partial charge on any atom is 0.320 e. The van der Waals surface area contributed by atoms with Crippen LogP contribution < -0.4 is 5.73 Å². The highest BCUT2D eigenvalue weighted by Crippen LogP contribution is 2.22. The Kier molecular flexibility index (Phi) is 3.76. The highest BCUT2D eigenvalue weighted by molar-refractivity contribution is 5.73. The van der Waals surface area contributed by atoms with Gasteiger partial charge in [-0.05, 0) is 11.6 Å². The smallest absolute Gasteiger partial charge is 0.320 e. The van der Waals surface area contributed by atoms with Crippen molar-refractivity contribution in [2.24, 2.45) is 11.7 Å². The molecule has 4 N–H and O–H groups in total. The lowest BCUT2D eigenvalue weighted by molar-refractivity contribution is -0.140. The van der Waals surface area contributed by atoms with Crippen LogP contribution in [0.5, 0.6) is 0 Å². The number of nitrogens with zero attached hydrogens (tertiary/aromatic N) is 1. The van der Waals surface area contributed by atoms with E-state index in [2.05, 4.69) is 4.98 Å². The first-order chi connectivity index (χ1) is 7.04. The van der Waals surface area contributed by atoms with Crippen molar-refractivity contribution in [3.63, 3.8) is 0 Å². The van der Waals surface area contributed by atoms with E-state index in [0.717, 1.165) is 0 Å². The summed E-state index contributed by atoms with van der Waals surface area (Å²) in [4.78, 5) is 14.5. The Bertz CT molecular complexity index is 329. The molecule has 0 aliphatic rings. The molecule has 0 fully saturated rings. The third kappa shape index (κ3) is 2.74. The minimum atomic E-state index is -1.12. The van der Waals surface area contributed by atoms with E-state index in [1.807, 2.05) is 0 Å². The third-order valence-electron chi connectivity index (χ3n) is 2.38. The number of carbonyl (C=O) groups is 1. The number of aromatic nitrogens is 1. The fourth-order valence-electron chi connectivity index (χ4n) is 1.28. The lowest BCUT2D eigenvalue weighted by Crippen LogP contribution is -2.39. The second kappa shape index (κ2) is 4.86. The summed E-state index contributed by atoms with van der Waals surface area (Å²) < 4.78 is 0. The van der Waals surface area contributed by atoms with Gasteiger partial charge in [-0.2, -0.15) is 0 Å². The number of hydrogen-bond donors (Lipinski definition) is 3. The van der Waals surface area contributed by atoms with E-state index < -0.39 is 24.0 Å². The van der Waals surface area contributed by atoms with E-state index in [1.54, 1.807) is 25.3 Å². The van der Waals surface area contributed by atoms with Gasteiger partial charge in [0.15, 0.2) is 0 Å². The van der Waals surface area contributed by atoms with Gasteiger partial charge < -0.3 is 15.9 Å². The molecule has 0 aliphatic carbocycles. The van der Waals surface area contributed by atoms with Crippen LogP contribution >= 0.6 is 0 Å². The van der Waals surface area contributed by atoms with Crippen LogP contribution in [0.2, 0.25) is 0 Å². The van der Waals surface area contributed by atoms with Crippen LogP contribution in [0.4, 0.5) is 0 Å². The molecule has 1 rings (SSSR count). The summed E-state index contributed by atoms with van der Waals surface area (Å²) >= 11 is 0. The molecule has 3 atom stereocenters. The lowest BCUT2D eigenvalue weighted by Gasteiger charge is -2.21. The Morgan fingerprint density at radius 1 is 1.60 bits per heavy atom. The van der Waals surface area contributed by atoms with Crippen LogP contribution in [0.15, 0.2) is 24.5 Å². The van der Waals surface area contributed by atoms with Crippen molar-refractivity contribution in [1.82, 2.24) is 4.98 Å². The van der Waals surface area contributed by atoms with Gasteiger partial charge in [0.1, 0.15) is 6.04 Å². The largest absolute Gasteiger partial charge is 0.480 e. The summed E-state index contributed by atoms with van der Waals surface area (Å²) in [5, 5.41) is 18.5. The van der Waals surface area contributed by atoms with Gasteiger partial charge >= 0.3 is 5.97 Å². The van der Waals surface area contributed by atoms with Crippen molar-refractivity contribution >= 4 is 5.97 Å². The van der Waals surface area contributed by atoms with Gasteiger partial charge in [0.25, 0.3) is 0 Å². The Balaban J connectivity index is 2.77. The van der Waals surface area contributed by atoms with Gasteiger partial charge in [-0.1, -0.05) is 13.0 Å². The maximum atomic E-state index is 10.6. The maximum absolute atomic E-state index is 10.6. The van der Waals surface area contributed by atoms with Crippen LogP contribution in [-0.2, 0) is 4.79 Å². The van der Waals surface area contributed by atoms with Gasteiger partial charge in [0.2, 0.25) is 0 Å². The molecule has 5 nitrogen and oxygen atoms in total. The summed E-state index contributed by atoms with van der Waals surface area (Å²) in [6, 6.07) is 2.28. The van der Waals surface area contributed by atoms with E-state index >= 15 is 0 Å². The summed E-state index contributed by atoms with van der Waals surface area (Å²) in [5.41, 5.74) is 5.99. The van der Waals surface area contributed by atoms with Gasteiger partial charge in [0.05, 0.1) is 6.10 Å². The second-order valence-corrected chi connectivity index (χ2v) is 3.45. The van der Waals surface area contributed by atoms with Crippen LogP contribution in [-0.4, -0.2) is 27.2 Å². The Morgan fingerprint density at radius 3 is 2.73 bits per heavy atom. The number of aliphatic hydroxyl groups excluding tert-OH is 1. The van der Waals surface area contributed by atoms with E-state index in [-0.39, 0.29) is 0 Å². The van der Waals surface area contributed by atoms with E-state index in [0.29, 0.717) is 5.56 Å². The molecule has 0 aromatic carbocycles. The Labute approximate surface area is 87.6 Å². The SMILES string of the molecule is CC(C(N)C(=O)O)C(O)c1cccnc1. The molecule has 1 aromatic rings. The summed E-state index contributed by atoms with van der Waals surface area (Å²) in [6.07, 6.45) is 2.16. The van der Waals surface area contributed by atoms with Crippen LogP contribution in [0.3, 0.4) is 0 Å². The number of carboxylic acid groups (broad SMARTS) is 1. The van der Waals surface area contributed by atoms with E-state index in [4.69, 9.17) is 10.8 Å². The zero-order chi connectivity index (χ0) is 11.4. The monoisotopic (exact) mass is 210 g/mol. The first-order valence-electron chi connectivity index (χ1n) is 4.60. The fourth-order valence-corrected chi connectivity index (χ4v) is 1.28. The quantitative estimate of drug-likeness (QED) is 0.658. The second-order valence-electron chi connectivity index (χ2n) is 3.45. The van der Waals surface area contributed by atoms with Gasteiger partial charge in [-0.3, -0.25) is 9.78 Å². The Morgan fingerprint density at radius 2 is 2.27 bits per heavy atom. The summed E-state index contributed by atoms with van der Waals surface area (Å²) in [6.45, 7) is 1.59. The van der Waals surface area contributed by atoms with Crippen LogP contribution in [0.25, 0.3) is 0 Å².